The Morgan fingerprint density at radius 3 is 2.69 bits per heavy atom. The number of ether oxygens (including phenoxy) is 1. The van der Waals surface area contributed by atoms with Crippen LogP contribution < -0.4 is 5.32 Å². The maximum atomic E-state index is 13.0. The van der Waals surface area contributed by atoms with Crippen molar-refractivity contribution in [2.75, 3.05) is 18.2 Å². The molecule has 1 amide bonds. The standard InChI is InChI=1S/C26H31N3O3S3/c1-26(2,3)14-9-10-16-18(11-14)35-24(21(16)25(31)32-4)29-19(30)12-33-22-20-15-7-5-6-8-17(15)34-23(20)28-13-27-22/h13-14H,5-12H2,1-4H3,(H,29,30). The zero-order chi connectivity index (χ0) is 24.7. The predicted octanol–water partition coefficient (Wildman–Crippen LogP) is 6.30. The lowest BCUT2D eigenvalue weighted by atomic mass is 9.72. The van der Waals surface area contributed by atoms with Gasteiger partial charge in [0.1, 0.15) is 21.2 Å². The van der Waals surface area contributed by atoms with Crippen molar-refractivity contribution in [1.82, 2.24) is 9.97 Å². The lowest BCUT2D eigenvalue weighted by Crippen LogP contribution is -2.26. The number of hydrogen-bond acceptors (Lipinski definition) is 8. The maximum absolute atomic E-state index is 13.0. The third-order valence-corrected chi connectivity index (χ3v) is 10.5. The highest BCUT2D eigenvalue weighted by molar-refractivity contribution is 8.00. The van der Waals surface area contributed by atoms with Crippen molar-refractivity contribution in [3.8, 4) is 0 Å². The summed E-state index contributed by atoms with van der Waals surface area (Å²) in [4.78, 5) is 38.3. The topological polar surface area (TPSA) is 81.2 Å². The lowest BCUT2D eigenvalue weighted by Gasteiger charge is -2.33. The molecule has 186 valence electrons. The molecule has 3 heterocycles. The largest absolute Gasteiger partial charge is 0.465 e. The summed E-state index contributed by atoms with van der Waals surface area (Å²) < 4.78 is 5.09. The van der Waals surface area contributed by atoms with Crippen LogP contribution in [-0.4, -0.2) is 34.7 Å². The van der Waals surface area contributed by atoms with Gasteiger partial charge in [-0.3, -0.25) is 4.79 Å². The molecular weight excluding hydrogens is 499 g/mol. The molecule has 9 heteroatoms. The number of esters is 1. The molecule has 2 aliphatic rings. The number of aryl methyl sites for hydroxylation is 2. The predicted molar refractivity (Wildman–Crippen MR) is 144 cm³/mol. The van der Waals surface area contributed by atoms with Gasteiger partial charge in [-0.05, 0) is 67.4 Å². The number of fused-ring (bicyclic) bond motifs is 4. The minimum Gasteiger partial charge on any atom is -0.465 e. The van der Waals surface area contributed by atoms with Gasteiger partial charge in [0.05, 0.1) is 18.4 Å². The van der Waals surface area contributed by atoms with Crippen LogP contribution in [0.1, 0.15) is 71.3 Å². The third kappa shape index (κ3) is 4.87. The monoisotopic (exact) mass is 529 g/mol. The average Bonchev–Trinajstić information content (AvgIpc) is 3.39. The van der Waals surface area contributed by atoms with Crippen LogP contribution in [0, 0.1) is 11.3 Å². The molecule has 0 radical (unpaired) electrons. The second kappa shape index (κ2) is 9.82. The quantitative estimate of drug-likeness (QED) is 0.237. The zero-order valence-corrected chi connectivity index (χ0v) is 23.1. The van der Waals surface area contributed by atoms with E-state index >= 15 is 0 Å². The molecule has 0 saturated heterocycles. The van der Waals surface area contributed by atoms with Crippen LogP contribution in [0.5, 0.6) is 0 Å². The maximum Gasteiger partial charge on any atom is 0.341 e. The van der Waals surface area contributed by atoms with E-state index in [1.54, 1.807) is 17.7 Å². The van der Waals surface area contributed by atoms with Crippen LogP contribution in [0.3, 0.4) is 0 Å². The van der Waals surface area contributed by atoms with Gasteiger partial charge < -0.3 is 10.1 Å². The van der Waals surface area contributed by atoms with Crippen molar-refractivity contribution in [3.05, 3.63) is 32.8 Å². The first-order chi connectivity index (χ1) is 16.8. The Labute approximate surface area is 218 Å². The first kappa shape index (κ1) is 24.7. The van der Waals surface area contributed by atoms with Crippen molar-refractivity contribution in [2.45, 2.75) is 70.7 Å². The number of methoxy groups -OCH3 is 1. The van der Waals surface area contributed by atoms with Crippen LogP contribution in [0.25, 0.3) is 10.2 Å². The van der Waals surface area contributed by atoms with Gasteiger partial charge in [0.15, 0.2) is 0 Å². The molecule has 0 saturated carbocycles. The van der Waals surface area contributed by atoms with Crippen molar-refractivity contribution in [2.24, 2.45) is 11.3 Å². The molecule has 0 aromatic carbocycles. The minimum absolute atomic E-state index is 0.137. The Morgan fingerprint density at radius 1 is 1.11 bits per heavy atom. The third-order valence-electron chi connectivity index (χ3n) is 7.19. The molecule has 5 rings (SSSR count). The average molecular weight is 530 g/mol. The highest BCUT2D eigenvalue weighted by atomic mass is 32.2. The summed E-state index contributed by atoms with van der Waals surface area (Å²) in [5, 5.41) is 5.64. The molecule has 2 aliphatic carbocycles. The number of carbonyl (C=O) groups is 2. The number of nitrogens with one attached hydrogen (secondary N) is 1. The number of aromatic nitrogens is 2. The lowest BCUT2D eigenvalue weighted by molar-refractivity contribution is -0.113. The highest BCUT2D eigenvalue weighted by Gasteiger charge is 2.34. The molecule has 0 aliphatic heterocycles. The molecule has 0 bridgehead atoms. The molecule has 1 atom stereocenters. The second-order valence-corrected chi connectivity index (χ2v) is 13.6. The van der Waals surface area contributed by atoms with Crippen LogP contribution >= 0.6 is 34.4 Å². The van der Waals surface area contributed by atoms with Crippen LogP contribution in [0.15, 0.2) is 11.4 Å². The number of anilines is 1. The van der Waals surface area contributed by atoms with E-state index in [2.05, 4.69) is 36.1 Å². The van der Waals surface area contributed by atoms with Crippen molar-refractivity contribution >= 4 is 61.5 Å². The van der Waals surface area contributed by atoms with E-state index in [0.29, 0.717) is 16.5 Å². The summed E-state index contributed by atoms with van der Waals surface area (Å²) in [6, 6.07) is 0. The molecular formula is C26H31N3O3S3. The SMILES string of the molecule is COC(=O)c1c(NC(=O)CSc2ncnc3sc4c(c23)CCCC4)sc2c1CCC(C(C)(C)C)C2. The van der Waals surface area contributed by atoms with Gasteiger partial charge >= 0.3 is 5.97 Å². The molecule has 1 unspecified atom stereocenters. The Kier molecular flexibility index (Phi) is 6.94. The number of nitrogens with zero attached hydrogens (tertiary/aromatic N) is 2. The fraction of sp³-hybridized carbons (Fsp3) is 0.538. The van der Waals surface area contributed by atoms with Gasteiger partial charge in [-0.2, -0.15) is 0 Å². The van der Waals surface area contributed by atoms with Gasteiger partial charge in [0.2, 0.25) is 5.91 Å². The number of thiophene rings is 2. The number of amides is 1. The first-order valence-electron chi connectivity index (χ1n) is 12.2. The van der Waals surface area contributed by atoms with E-state index in [1.165, 1.54) is 58.4 Å². The van der Waals surface area contributed by atoms with Crippen molar-refractivity contribution in [3.63, 3.8) is 0 Å². The van der Waals surface area contributed by atoms with Crippen LogP contribution in [0.4, 0.5) is 5.00 Å². The van der Waals surface area contributed by atoms with Gasteiger partial charge in [0, 0.05) is 15.1 Å². The fourth-order valence-corrected chi connectivity index (χ4v) is 8.65. The number of rotatable bonds is 5. The molecule has 3 aromatic rings. The summed E-state index contributed by atoms with van der Waals surface area (Å²) >= 11 is 4.74. The molecule has 0 fully saturated rings. The van der Waals surface area contributed by atoms with Gasteiger partial charge in [-0.15, -0.1) is 22.7 Å². The van der Waals surface area contributed by atoms with E-state index in [1.807, 2.05) is 0 Å². The molecule has 35 heavy (non-hydrogen) atoms. The molecule has 1 N–H and O–H groups in total. The van der Waals surface area contributed by atoms with Gasteiger partial charge in [-0.25, -0.2) is 14.8 Å². The second-order valence-electron chi connectivity index (χ2n) is 10.4. The van der Waals surface area contributed by atoms with E-state index in [-0.39, 0.29) is 23.0 Å². The van der Waals surface area contributed by atoms with Gasteiger partial charge in [-0.1, -0.05) is 32.5 Å². The van der Waals surface area contributed by atoms with Gasteiger partial charge in [0.25, 0.3) is 0 Å². The van der Waals surface area contributed by atoms with E-state index < -0.39 is 0 Å². The summed E-state index contributed by atoms with van der Waals surface area (Å²) in [6.45, 7) is 6.81. The summed E-state index contributed by atoms with van der Waals surface area (Å²) in [6.07, 6.45) is 8.98. The Balaban J connectivity index is 1.35. The Bertz CT molecular complexity index is 1290. The highest BCUT2D eigenvalue weighted by Crippen LogP contribution is 2.45. The molecule has 0 spiro atoms. The van der Waals surface area contributed by atoms with Crippen LogP contribution in [-0.2, 0) is 35.2 Å². The summed E-state index contributed by atoms with van der Waals surface area (Å²) in [5.41, 5.74) is 3.16. The Morgan fingerprint density at radius 2 is 1.91 bits per heavy atom. The summed E-state index contributed by atoms with van der Waals surface area (Å²) in [5.74, 6) is 0.267. The summed E-state index contributed by atoms with van der Waals surface area (Å²) in [7, 11) is 1.40. The van der Waals surface area contributed by atoms with Crippen molar-refractivity contribution in [1.29, 1.82) is 0 Å². The Hall–Kier alpha value is -1.97. The van der Waals surface area contributed by atoms with Crippen LogP contribution in [0.2, 0.25) is 0 Å². The molecule has 6 nitrogen and oxygen atoms in total. The number of thioether (sulfide) groups is 1. The minimum atomic E-state index is -0.373. The molecule has 3 aromatic heterocycles. The van der Waals surface area contributed by atoms with E-state index in [0.717, 1.165) is 52.9 Å². The number of hydrogen-bond donors (Lipinski definition) is 1. The smallest absolute Gasteiger partial charge is 0.341 e. The van der Waals surface area contributed by atoms with E-state index in [9.17, 15) is 9.59 Å². The fourth-order valence-electron chi connectivity index (χ4n) is 5.20. The zero-order valence-electron chi connectivity index (χ0n) is 20.7. The first-order valence-corrected chi connectivity index (χ1v) is 14.8. The van der Waals surface area contributed by atoms with Crippen molar-refractivity contribution < 1.29 is 14.3 Å². The normalized spacial score (nSPS) is 17.7. The van der Waals surface area contributed by atoms with E-state index in [4.69, 9.17) is 4.74 Å². The number of carbonyl (C=O) groups excluding carboxylic acids is 2.